The molecule has 0 aliphatic heterocycles. The van der Waals surface area contributed by atoms with E-state index in [0.717, 1.165) is 32.2 Å². The molecule has 12 aromatic rings. The van der Waals surface area contributed by atoms with Crippen molar-refractivity contribution in [2.75, 3.05) is 0 Å². The van der Waals surface area contributed by atoms with Crippen LogP contribution in [0.3, 0.4) is 0 Å². The van der Waals surface area contributed by atoms with Gasteiger partial charge in [0, 0.05) is 50.5 Å². The summed E-state index contributed by atoms with van der Waals surface area (Å²) in [6.45, 7) is 0. The average molecular weight is 771 g/mol. The number of hydrogen-bond acceptors (Lipinski definition) is 8. The van der Waals surface area contributed by atoms with E-state index in [1.54, 1.807) is 22.7 Å². The number of benzene rings is 6. The third kappa shape index (κ3) is 4.69. The third-order valence-corrected chi connectivity index (χ3v) is 16.8. The summed E-state index contributed by atoms with van der Waals surface area (Å²) in [4.78, 5) is 12.8. The number of fused-ring (bicyclic) bond motifs is 9. The predicted molar refractivity (Wildman–Crippen MR) is 234 cm³/mol. The zero-order valence-corrected chi connectivity index (χ0v) is 31.9. The first-order valence-corrected chi connectivity index (χ1v) is 21.8. The van der Waals surface area contributed by atoms with E-state index < -0.39 is 0 Å². The van der Waals surface area contributed by atoms with Crippen LogP contribution in [0.15, 0.2) is 133 Å². The maximum Gasteiger partial charge on any atom is 0.124 e. The van der Waals surface area contributed by atoms with Gasteiger partial charge in [-0.15, -0.1) is 68.0 Å². The topological polar surface area (TPSA) is 25.8 Å². The molecule has 0 saturated heterocycles. The minimum atomic E-state index is 1.04. The first-order valence-electron chi connectivity index (χ1n) is 16.9. The van der Waals surface area contributed by atoms with Gasteiger partial charge in [0.05, 0.1) is 29.8 Å². The number of thiazole rings is 2. The Morgan fingerprint density at radius 2 is 0.750 bits per heavy atom. The molecule has 0 bridgehead atoms. The summed E-state index contributed by atoms with van der Waals surface area (Å²) in [5.74, 6) is 0. The highest BCUT2D eigenvalue weighted by Crippen LogP contribution is 2.45. The summed E-state index contributed by atoms with van der Waals surface area (Å²) in [5, 5.41) is 7.23. The molecule has 6 aromatic carbocycles. The summed E-state index contributed by atoms with van der Waals surface area (Å²) in [6.07, 6.45) is 0. The SMILES string of the molecule is c1ccc2c(c1)sc1cc(-c3ccc(-c4nc5cc6cc7sc(-c8ccc(-c9cc%10sc%11ccccc%11c%10s9)cc8)nc7cc6cc5s4)cc3)sc12. The van der Waals surface area contributed by atoms with Crippen LogP contribution in [-0.2, 0) is 0 Å². The van der Waals surface area contributed by atoms with E-state index in [0.29, 0.717) is 0 Å². The Morgan fingerprint density at radius 1 is 0.327 bits per heavy atom. The minimum absolute atomic E-state index is 1.04. The van der Waals surface area contributed by atoms with E-state index in [1.807, 2.05) is 45.3 Å². The molecule has 6 heterocycles. The average Bonchev–Trinajstić information content (AvgIpc) is 4.02. The van der Waals surface area contributed by atoms with Crippen LogP contribution in [0.1, 0.15) is 0 Å². The molecule has 12 rings (SSSR count). The number of thiophene rings is 4. The van der Waals surface area contributed by atoms with Gasteiger partial charge in [0.2, 0.25) is 0 Å². The molecule has 8 heteroatoms. The van der Waals surface area contributed by atoms with Crippen molar-refractivity contribution in [3.8, 4) is 42.0 Å². The Bertz CT molecular complexity index is 3060. The lowest BCUT2D eigenvalue weighted by molar-refractivity contribution is 1.48. The van der Waals surface area contributed by atoms with Gasteiger partial charge in [0.15, 0.2) is 0 Å². The fourth-order valence-electron chi connectivity index (χ4n) is 7.18. The van der Waals surface area contributed by atoms with Crippen molar-refractivity contribution in [1.29, 1.82) is 0 Å². The summed E-state index contributed by atoms with van der Waals surface area (Å²) < 4.78 is 10.6. The molecule has 0 aliphatic carbocycles. The van der Waals surface area contributed by atoms with Crippen LogP contribution in [0.5, 0.6) is 0 Å². The van der Waals surface area contributed by atoms with Gasteiger partial charge in [-0.2, -0.15) is 0 Å². The lowest BCUT2D eigenvalue weighted by Crippen LogP contribution is -1.78. The Hall–Kier alpha value is -4.80. The normalized spacial score (nSPS) is 12.2. The zero-order valence-electron chi connectivity index (χ0n) is 27.0. The van der Waals surface area contributed by atoms with Crippen molar-refractivity contribution in [3.63, 3.8) is 0 Å². The smallest absolute Gasteiger partial charge is 0.124 e. The largest absolute Gasteiger partial charge is 0.236 e. The van der Waals surface area contributed by atoms with E-state index in [-0.39, 0.29) is 0 Å². The van der Waals surface area contributed by atoms with Gasteiger partial charge in [-0.1, -0.05) is 84.9 Å². The van der Waals surface area contributed by atoms with Gasteiger partial charge < -0.3 is 0 Å². The van der Waals surface area contributed by atoms with Crippen LogP contribution >= 0.6 is 68.0 Å². The van der Waals surface area contributed by atoms with Crippen LogP contribution in [0.25, 0.3) is 112 Å². The highest BCUT2D eigenvalue weighted by Gasteiger charge is 2.15. The van der Waals surface area contributed by atoms with E-state index in [2.05, 4.69) is 133 Å². The number of rotatable bonds is 4. The molecule has 244 valence electrons. The molecule has 0 spiro atoms. The monoisotopic (exact) mass is 770 g/mol. The Kier molecular flexibility index (Phi) is 6.49. The molecule has 0 aliphatic rings. The van der Waals surface area contributed by atoms with Crippen molar-refractivity contribution in [2.24, 2.45) is 0 Å². The van der Waals surface area contributed by atoms with Crippen molar-refractivity contribution in [1.82, 2.24) is 9.97 Å². The van der Waals surface area contributed by atoms with Crippen LogP contribution in [0.2, 0.25) is 0 Å². The van der Waals surface area contributed by atoms with Gasteiger partial charge in [-0.25, -0.2) is 9.97 Å². The molecule has 0 radical (unpaired) electrons. The molecule has 0 N–H and O–H groups in total. The van der Waals surface area contributed by atoms with Crippen LogP contribution in [0, 0.1) is 0 Å². The molecule has 0 saturated carbocycles. The molecule has 0 unspecified atom stereocenters. The summed E-state index contributed by atoms with van der Waals surface area (Å²) in [7, 11) is 0. The second kappa shape index (κ2) is 11.3. The quantitative estimate of drug-likeness (QED) is 0.178. The third-order valence-electron chi connectivity index (χ3n) is 9.79. The fourth-order valence-corrected chi connectivity index (χ4v) is 14.2. The Labute approximate surface area is 321 Å². The number of hydrogen-bond donors (Lipinski definition) is 0. The van der Waals surface area contributed by atoms with Crippen LogP contribution in [0.4, 0.5) is 0 Å². The van der Waals surface area contributed by atoms with Gasteiger partial charge in [-0.05, 0) is 70.4 Å². The highest BCUT2D eigenvalue weighted by molar-refractivity contribution is 7.34. The molecule has 0 atom stereocenters. The molecular weight excluding hydrogens is 749 g/mol. The molecule has 0 fully saturated rings. The molecule has 6 aromatic heterocycles. The molecule has 2 nitrogen and oxygen atoms in total. The number of aromatic nitrogens is 2. The first kappa shape index (κ1) is 29.7. The zero-order chi connectivity index (χ0) is 33.9. The van der Waals surface area contributed by atoms with Crippen molar-refractivity contribution in [2.45, 2.75) is 0 Å². The summed E-state index contributed by atoms with van der Waals surface area (Å²) in [5.41, 5.74) is 6.91. The minimum Gasteiger partial charge on any atom is -0.236 e. The summed E-state index contributed by atoms with van der Waals surface area (Å²) >= 11 is 11.1. The molecular formula is C44H22N2S6. The van der Waals surface area contributed by atoms with Gasteiger partial charge >= 0.3 is 0 Å². The van der Waals surface area contributed by atoms with Crippen LogP contribution < -0.4 is 0 Å². The van der Waals surface area contributed by atoms with Crippen LogP contribution in [-0.4, -0.2) is 9.97 Å². The maximum absolute atomic E-state index is 5.10. The Morgan fingerprint density at radius 3 is 1.21 bits per heavy atom. The first-order chi connectivity index (χ1) is 25.7. The standard InChI is InChI=1S/C44H22N2S6/c1-3-7-33-29(5-1)41-39(47-33)21-35(49-41)23-9-13-25(14-10-23)43-45-31-17-27-20-38-32(18-28(27)19-37(31)51-43)46-44(52-38)26-15-11-24(12-16-26)36-22-40-42(50-36)30-6-2-4-8-34(30)48-40/h1-22H. The predicted octanol–water partition coefficient (Wildman–Crippen LogP) is 15.6. The molecule has 52 heavy (non-hydrogen) atoms. The lowest BCUT2D eigenvalue weighted by Gasteiger charge is -2.00. The molecule has 0 amide bonds. The van der Waals surface area contributed by atoms with Crippen molar-refractivity contribution in [3.05, 3.63) is 133 Å². The van der Waals surface area contributed by atoms with E-state index >= 15 is 0 Å². The maximum atomic E-state index is 5.10. The van der Waals surface area contributed by atoms with E-state index in [9.17, 15) is 0 Å². The fraction of sp³-hybridized carbons (Fsp3) is 0. The second-order valence-electron chi connectivity index (χ2n) is 13.0. The highest BCUT2D eigenvalue weighted by atomic mass is 32.1. The van der Waals surface area contributed by atoms with Crippen molar-refractivity contribution >= 4 is 138 Å². The van der Waals surface area contributed by atoms with Crippen molar-refractivity contribution < 1.29 is 0 Å². The van der Waals surface area contributed by atoms with Gasteiger partial charge in [0.1, 0.15) is 10.0 Å². The summed E-state index contributed by atoms with van der Waals surface area (Å²) in [6, 6.07) is 49.0. The Balaban J connectivity index is 0.828. The van der Waals surface area contributed by atoms with E-state index in [1.165, 1.54) is 80.0 Å². The van der Waals surface area contributed by atoms with E-state index in [4.69, 9.17) is 9.97 Å². The lowest BCUT2D eigenvalue weighted by atomic mass is 10.1. The van der Waals surface area contributed by atoms with Gasteiger partial charge in [-0.3, -0.25) is 0 Å². The number of nitrogens with zero attached hydrogens (tertiary/aromatic N) is 2. The second-order valence-corrected chi connectivity index (χ2v) is 19.3. The van der Waals surface area contributed by atoms with Gasteiger partial charge in [0.25, 0.3) is 0 Å².